The Bertz CT molecular complexity index is 1110. The van der Waals surface area contributed by atoms with E-state index in [1.807, 2.05) is 6.08 Å². The molecule has 1 aliphatic rings. The predicted molar refractivity (Wildman–Crippen MR) is 147 cm³/mol. The summed E-state index contributed by atoms with van der Waals surface area (Å²) in [6.07, 6.45) is 10.8. The van der Waals surface area contributed by atoms with Crippen LogP contribution in [0.4, 0.5) is 11.4 Å². The minimum absolute atomic E-state index is 0.0555. The molecule has 0 saturated heterocycles. The van der Waals surface area contributed by atoms with Gasteiger partial charge in [0, 0.05) is 17.5 Å². The number of nitrogens with two attached hydrogens (primary N) is 2. The molecule has 4 N–H and O–H groups in total. The molecule has 1 fully saturated rings. The minimum atomic E-state index is -0.504. The highest BCUT2D eigenvalue weighted by molar-refractivity contribution is 5.91. The summed E-state index contributed by atoms with van der Waals surface area (Å²) in [6.45, 7) is 4.19. The normalized spacial score (nSPS) is 17.1. The summed E-state index contributed by atoms with van der Waals surface area (Å²) in [5, 5.41) is 0. The number of ether oxygens (including phenoxy) is 3. The van der Waals surface area contributed by atoms with Gasteiger partial charge in [0.15, 0.2) is 0 Å². The van der Waals surface area contributed by atoms with Gasteiger partial charge in [0.25, 0.3) is 0 Å². The molecule has 1 aliphatic carbocycles. The number of nitrogen functional groups attached to an aromatic ring is 2. The monoisotopic (exact) mass is 520 g/mol. The third-order valence-corrected chi connectivity index (χ3v) is 6.42. The minimum Gasteiger partial charge on any atom is -0.463 e. The fourth-order valence-corrected chi connectivity index (χ4v) is 4.35. The molecule has 1 saturated carbocycles. The van der Waals surface area contributed by atoms with Gasteiger partial charge in [-0.1, -0.05) is 18.2 Å². The number of hydrogen-bond acceptors (Lipinski definition) is 8. The van der Waals surface area contributed by atoms with Gasteiger partial charge >= 0.3 is 17.9 Å². The van der Waals surface area contributed by atoms with Crippen LogP contribution in [0, 0.1) is 11.8 Å². The lowest BCUT2D eigenvalue weighted by molar-refractivity contribution is -0.140. The molecule has 0 radical (unpaired) electrons. The summed E-state index contributed by atoms with van der Waals surface area (Å²) in [7, 11) is 0. The summed E-state index contributed by atoms with van der Waals surface area (Å²) < 4.78 is 15.9. The molecule has 0 aliphatic heterocycles. The van der Waals surface area contributed by atoms with Crippen LogP contribution in [0.25, 0.3) is 6.08 Å². The Kier molecular flexibility index (Phi) is 11.0. The second kappa shape index (κ2) is 14.6. The molecule has 0 aromatic heterocycles. The van der Waals surface area contributed by atoms with Crippen LogP contribution in [0.5, 0.6) is 5.75 Å². The zero-order valence-electron chi connectivity index (χ0n) is 21.6. The molecule has 8 heteroatoms. The number of carbonyl (C=O) groups is 3. The number of rotatable bonds is 12. The average Bonchev–Trinajstić information content (AvgIpc) is 2.90. The molecule has 2 aromatic carbocycles. The third-order valence-electron chi connectivity index (χ3n) is 6.42. The largest absolute Gasteiger partial charge is 0.463 e. The first-order chi connectivity index (χ1) is 18.3. The number of unbranched alkanes of at least 4 members (excludes halogenated alkanes) is 1. The second-order valence-electron chi connectivity index (χ2n) is 9.46. The molecule has 8 nitrogen and oxygen atoms in total. The van der Waals surface area contributed by atoms with Crippen molar-refractivity contribution in [2.24, 2.45) is 11.8 Å². The van der Waals surface area contributed by atoms with Crippen LogP contribution in [-0.4, -0.2) is 31.1 Å². The number of esters is 3. The molecule has 0 atom stereocenters. The van der Waals surface area contributed by atoms with E-state index >= 15 is 0 Å². The van der Waals surface area contributed by atoms with E-state index in [-0.39, 0.29) is 25.1 Å². The van der Waals surface area contributed by atoms with Crippen LogP contribution >= 0.6 is 0 Å². The first-order valence-electron chi connectivity index (χ1n) is 12.9. The Morgan fingerprint density at radius 3 is 2.16 bits per heavy atom. The molecular formula is C30H36N2O6. The first kappa shape index (κ1) is 28.5. The summed E-state index contributed by atoms with van der Waals surface area (Å²) in [5.74, 6) is -0.0998. The molecule has 38 heavy (non-hydrogen) atoms. The van der Waals surface area contributed by atoms with Crippen molar-refractivity contribution in [1.82, 2.24) is 0 Å². The van der Waals surface area contributed by atoms with E-state index in [0.717, 1.165) is 37.7 Å². The van der Waals surface area contributed by atoms with Gasteiger partial charge in [-0.2, -0.15) is 0 Å². The molecule has 0 bridgehead atoms. The molecule has 3 rings (SSSR count). The number of anilines is 2. The van der Waals surface area contributed by atoms with Gasteiger partial charge in [-0.3, -0.25) is 4.79 Å². The Hall–Kier alpha value is -4.07. The van der Waals surface area contributed by atoms with Crippen LogP contribution in [0.3, 0.4) is 0 Å². The summed E-state index contributed by atoms with van der Waals surface area (Å²) >= 11 is 0. The standard InChI is InChI=1S/C30H36N2O6/c1-2-5-21-6-11-23(12-7-21)30(35)38-27-13-8-22(9-14-27)10-15-28(33)36-16-3-4-17-37-29(34)24-18-25(31)20-26(32)19-24/h2,8-10,13-15,18-21,23H,1,3-7,11-12,16-17,31-32H2. The van der Waals surface area contributed by atoms with E-state index in [0.29, 0.717) is 41.4 Å². The molecule has 0 amide bonds. The lowest BCUT2D eigenvalue weighted by Gasteiger charge is -2.26. The van der Waals surface area contributed by atoms with Gasteiger partial charge < -0.3 is 25.7 Å². The van der Waals surface area contributed by atoms with Gasteiger partial charge in [0.05, 0.1) is 24.7 Å². The maximum absolute atomic E-state index is 12.5. The summed E-state index contributed by atoms with van der Waals surface area (Å²) in [6, 6.07) is 11.5. The van der Waals surface area contributed by atoms with Crippen LogP contribution in [0.2, 0.25) is 0 Å². The highest BCUT2D eigenvalue weighted by Gasteiger charge is 2.27. The molecule has 0 unspecified atom stereocenters. The fourth-order valence-electron chi connectivity index (χ4n) is 4.35. The van der Waals surface area contributed by atoms with E-state index in [1.54, 1.807) is 36.4 Å². The maximum atomic E-state index is 12.5. The second-order valence-corrected chi connectivity index (χ2v) is 9.46. The number of carbonyl (C=O) groups excluding carboxylic acids is 3. The quantitative estimate of drug-likeness (QED) is 0.0958. The van der Waals surface area contributed by atoms with Crippen molar-refractivity contribution in [1.29, 1.82) is 0 Å². The number of hydrogen-bond donors (Lipinski definition) is 2. The van der Waals surface area contributed by atoms with Gasteiger partial charge in [0.2, 0.25) is 0 Å². The smallest absolute Gasteiger partial charge is 0.338 e. The lowest BCUT2D eigenvalue weighted by Crippen LogP contribution is -2.25. The Morgan fingerprint density at radius 1 is 0.895 bits per heavy atom. The van der Waals surface area contributed by atoms with Gasteiger partial charge in [-0.05, 0) is 92.8 Å². The van der Waals surface area contributed by atoms with E-state index in [1.165, 1.54) is 18.2 Å². The first-order valence-corrected chi connectivity index (χ1v) is 12.9. The van der Waals surface area contributed by atoms with Crippen molar-refractivity contribution in [3.05, 3.63) is 72.3 Å². The molecular weight excluding hydrogens is 484 g/mol. The van der Waals surface area contributed by atoms with Crippen molar-refractivity contribution < 1.29 is 28.6 Å². The molecule has 0 spiro atoms. The highest BCUT2D eigenvalue weighted by Crippen LogP contribution is 2.32. The average molecular weight is 521 g/mol. The van der Waals surface area contributed by atoms with Gasteiger partial charge in [0.1, 0.15) is 5.75 Å². The Balaban J connectivity index is 1.30. The SMILES string of the molecule is C=CCC1CCC(C(=O)Oc2ccc(C=CC(=O)OCCCCOC(=O)c3cc(N)cc(N)c3)cc2)CC1. The third kappa shape index (κ3) is 9.42. The predicted octanol–water partition coefficient (Wildman–Crippen LogP) is 5.33. The zero-order valence-corrected chi connectivity index (χ0v) is 21.6. The summed E-state index contributed by atoms with van der Waals surface area (Å²) in [4.78, 5) is 36.5. The van der Waals surface area contributed by atoms with Crippen molar-refractivity contribution >= 4 is 35.4 Å². The van der Waals surface area contributed by atoms with Crippen molar-refractivity contribution in [3.63, 3.8) is 0 Å². The van der Waals surface area contributed by atoms with E-state index in [4.69, 9.17) is 25.7 Å². The lowest BCUT2D eigenvalue weighted by atomic mass is 9.80. The van der Waals surface area contributed by atoms with Crippen molar-refractivity contribution in [2.75, 3.05) is 24.7 Å². The topological polar surface area (TPSA) is 131 Å². The zero-order chi connectivity index (χ0) is 27.3. The number of benzene rings is 2. The fraction of sp³-hybridized carbons (Fsp3) is 0.367. The maximum Gasteiger partial charge on any atom is 0.338 e. The van der Waals surface area contributed by atoms with Crippen molar-refractivity contribution in [3.8, 4) is 5.75 Å². The van der Waals surface area contributed by atoms with Crippen LogP contribution in [0.1, 0.15) is 60.9 Å². The van der Waals surface area contributed by atoms with Crippen LogP contribution in [0.15, 0.2) is 61.2 Å². The van der Waals surface area contributed by atoms with Gasteiger partial charge in [-0.15, -0.1) is 6.58 Å². The van der Waals surface area contributed by atoms with Crippen LogP contribution < -0.4 is 16.2 Å². The van der Waals surface area contributed by atoms with E-state index in [2.05, 4.69) is 6.58 Å². The van der Waals surface area contributed by atoms with E-state index in [9.17, 15) is 14.4 Å². The molecule has 0 heterocycles. The Morgan fingerprint density at radius 2 is 1.53 bits per heavy atom. The van der Waals surface area contributed by atoms with Gasteiger partial charge in [-0.25, -0.2) is 9.59 Å². The Labute approximate surface area is 223 Å². The van der Waals surface area contributed by atoms with Crippen LogP contribution in [-0.2, 0) is 19.1 Å². The number of allylic oxidation sites excluding steroid dienone is 1. The summed E-state index contributed by atoms with van der Waals surface area (Å²) in [5.41, 5.74) is 13.2. The van der Waals surface area contributed by atoms with Crippen molar-refractivity contribution in [2.45, 2.75) is 44.9 Å². The highest BCUT2D eigenvalue weighted by atomic mass is 16.5. The molecule has 202 valence electrons. The van der Waals surface area contributed by atoms with E-state index < -0.39 is 11.9 Å². The molecule has 2 aromatic rings.